The van der Waals surface area contributed by atoms with E-state index in [1.54, 1.807) is 0 Å². The zero-order valence-electron chi connectivity index (χ0n) is 12.4. The maximum atomic E-state index is 12.2. The smallest absolute Gasteiger partial charge is 0.410 e. The maximum absolute atomic E-state index is 12.2. The first-order chi connectivity index (χ1) is 8.26. The van der Waals surface area contributed by atoms with E-state index in [0.717, 1.165) is 19.4 Å². The number of hydrogen-bond acceptors (Lipinski definition) is 3. The molecule has 1 saturated heterocycles. The van der Waals surface area contributed by atoms with Gasteiger partial charge in [-0.2, -0.15) is 0 Å². The van der Waals surface area contributed by atoms with Gasteiger partial charge in [-0.3, -0.25) is 0 Å². The molecular weight excluding hydrogens is 228 g/mol. The van der Waals surface area contributed by atoms with Gasteiger partial charge in [-0.15, -0.1) is 0 Å². The normalized spacial score (nSPS) is 22.4. The van der Waals surface area contributed by atoms with Crippen LogP contribution in [0.15, 0.2) is 0 Å². The molecule has 2 N–H and O–H groups in total. The van der Waals surface area contributed by atoms with E-state index < -0.39 is 5.60 Å². The zero-order valence-corrected chi connectivity index (χ0v) is 12.4. The Morgan fingerprint density at radius 2 is 2.06 bits per heavy atom. The van der Waals surface area contributed by atoms with Crippen molar-refractivity contribution in [2.24, 2.45) is 17.6 Å². The van der Waals surface area contributed by atoms with Crippen LogP contribution in [0, 0.1) is 11.8 Å². The second-order valence-electron chi connectivity index (χ2n) is 6.53. The van der Waals surface area contributed by atoms with E-state index in [9.17, 15) is 4.79 Å². The molecule has 106 valence electrons. The Morgan fingerprint density at radius 3 is 2.50 bits per heavy atom. The second kappa shape index (κ2) is 5.91. The molecular formula is C14H28N2O2. The molecule has 1 aliphatic rings. The van der Waals surface area contributed by atoms with Crippen LogP contribution in [0.1, 0.15) is 47.5 Å². The molecule has 1 aliphatic heterocycles. The number of nitrogens with zero attached hydrogens (tertiary/aromatic N) is 1. The van der Waals surface area contributed by atoms with Crippen molar-refractivity contribution in [2.75, 3.05) is 13.1 Å². The van der Waals surface area contributed by atoms with Crippen molar-refractivity contribution in [1.29, 1.82) is 0 Å². The molecule has 0 bridgehead atoms. The maximum Gasteiger partial charge on any atom is 0.410 e. The first-order valence-corrected chi connectivity index (χ1v) is 6.96. The van der Waals surface area contributed by atoms with Gasteiger partial charge in [0.15, 0.2) is 0 Å². The number of carbonyl (C=O) groups is 1. The number of rotatable bonds is 3. The molecule has 18 heavy (non-hydrogen) atoms. The van der Waals surface area contributed by atoms with Crippen molar-refractivity contribution in [1.82, 2.24) is 4.90 Å². The van der Waals surface area contributed by atoms with E-state index in [2.05, 4.69) is 13.8 Å². The van der Waals surface area contributed by atoms with Crippen molar-refractivity contribution >= 4 is 6.09 Å². The van der Waals surface area contributed by atoms with Gasteiger partial charge in [0.25, 0.3) is 0 Å². The second-order valence-corrected chi connectivity index (χ2v) is 6.53. The summed E-state index contributed by atoms with van der Waals surface area (Å²) in [7, 11) is 0. The van der Waals surface area contributed by atoms with Crippen molar-refractivity contribution in [3.63, 3.8) is 0 Å². The fourth-order valence-corrected chi connectivity index (χ4v) is 2.66. The van der Waals surface area contributed by atoms with Crippen LogP contribution in [-0.2, 0) is 4.74 Å². The van der Waals surface area contributed by atoms with E-state index >= 15 is 0 Å². The van der Waals surface area contributed by atoms with Gasteiger partial charge in [0.05, 0.1) is 0 Å². The summed E-state index contributed by atoms with van der Waals surface area (Å²) in [6.07, 6.45) is 1.90. The van der Waals surface area contributed by atoms with Gasteiger partial charge in [0.2, 0.25) is 0 Å². The highest BCUT2D eigenvalue weighted by Gasteiger charge is 2.37. The molecule has 1 amide bonds. The molecule has 2 atom stereocenters. The van der Waals surface area contributed by atoms with E-state index in [1.807, 2.05) is 25.7 Å². The largest absolute Gasteiger partial charge is 0.444 e. The van der Waals surface area contributed by atoms with E-state index in [-0.39, 0.29) is 12.1 Å². The molecule has 0 spiro atoms. The predicted octanol–water partition coefficient (Wildman–Crippen LogP) is 2.62. The van der Waals surface area contributed by atoms with Gasteiger partial charge >= 0.3 is 6.09 Å². The first-order valence-electron chi connectivity index (χ1n) is 6.96. The molecule has 1 rings (SSSR count). The third-order valence-electron chi connectivity index (χ3n) is 3.55. The number of nitrogens with two attached hydrogens (primary N) is 1. The Kier molecular flexibility index (Phi) is 5.02. The minimum absolute atomic E-state index is 0.191. The molecule has 0 aromatic rings. The van der Waals surface area contributed by atoms with Crippen LogP contribution >= 0.6 is 0 Å². The molecule has 1 heterocycles. The first kappa shape index (κ1) is 15.3. The minimum Gasteiger partial charge on any atom is -0.444 e. The van der Waals surface area contributed by atoms with Crippen LogP contribution in [0.3, 0.4) is 0 Å². The monoisotopic (exact) mass is 256 g/mol. The molecule has 1 fully saturated rings. The lowest BCUT2D eigenvalue weighted by Crippen LogP contribution is -2.46. The average Bonchev–Trinajstić information content (AvgIpc) is 2.64. The Morgan fingerprint density at radius 1 is 1.44 bits per heavy atom. The summed E-state index contributed by atoms with van der Waals surface area (Å²) < 4.78 is 5.47. The summed E-state index contributed by atoms with van der Waals surface area (Å²) in [6.45, 7) is 11.5. The van der Waals surface area contributed by atoms with Crippen LogP contribution in [0.4, 0.5) is 4.79 Å². The van der Waals surface area contributed by atoms with Crippen molar-refractivity contribution < 1.29 is 9.53 Å². The van der Waals surface area contributed by atoms with Crippen LogP contribution in [0.2, 0.25) is 0 Å². The van der Waals surface area contributed by atoms with Crippen LogP contribution in [0.25, 0.3) is 0 Å². The lowest BCUT2D eigenvalue weighted by atomic mass is 9.87. The fraction of sp³-hybridized carbons (Fsp3) is 0.929. The summed E-state index contributed by atoms with van der Waals surface area (Å²) in [6, 6.07) is 0.241. The summed E-state index contributed by atoms with van der Waals surface area (Å²) >= 11 is 0. The molecule has 0 radical (unpaired) electrons. The Bertz CT molecular complexity index is 284. The Balaban J connectivity index is 2.72. The minimum atomic E-state index is -0.430. The van der Waals surface area contributed by atoms with E-state index in [1.165, 1.54) is 0 Å². The van der Waals surface area contributed by atoms with Crippen molar-refractivity contribution in [2.45, 2.75) is 59.1 Å². The molecule has 2 unspecified atom stereocenters. The topological polar surface area (TPSA) is 55.6 Å². The van der Waals surface area contributed by atoms with Gasteiger partial charge in [-0.1, -0.05) is 13.8 Å². The molecule has 0 saturated carbocycles. The number of amides is 1. The summed E-state index contributed by atoms with van der Waals surface area (Å²) in [5.74, 6) is 0.850. The van der Waals surface area contributed by atoms with Gasteiger partial charge in [-0.25, -0.2) is 4.79 Å². The van der Waals surface area contributed by atoms with Gasteiger partial charge in [-0.05, 0) is 52.0 Å². The zero-order chi connectivity index (χ0) is 13.9. The molecule has 0 aliphatic carbocycles. The van der Waals surface area contributed by atoms with Crippen molar-refractivity contribution in [3.8, 4) is 0 Å². The summed E-state index contributed by atoms with van der Waals surface area (Å²) in [5.41, 5.74) is 5.43. The SMILES string of the molecule is CC(C)C(CN)C1CCCN1C(=O)OC(C)(C)C. The van der Waals surface area contributed by atoms with E-state index in [4.69, 9.17) is 10.5 Å². The Hall–Kier alpha value is -0.770. The van der Waals surface area contributed by atoms with Crippen LogP contribution in [-0.4, -0.2) is 35.7 Å². The van der Waals surface area contributed by atoms with Gasteiger partial charge in [0.1, 0.15) is 5.60 Å². The third-order valence-corrected chi connectivity index (χ3v) is 3.55. The quantitative estimate of drug-likeness (QED) is 0.844. The Labute approximate surface area is 111 Å². The summed E-state index contributed by atoms with van der Waals surface area (Å²) in [4.78, 5) is 14.1. The number of hydrogen-bond donors (Lipinski definition) is 1. The highest BCUT2D eigenvalue weighted by Crippen LogP contribution is 2.29. The predicted molar refractivity (Wildman–Crippen MR) is 73.3 cm³/mol. The van der Waals surface area contributed by atoms with Crippen LogP contribution < -0.4 is 5.73 Å². The third kappa shape index (κ3) is 3.87. The molecule has 4 nitrogen and oxygen atoms in total. The lowest BCUT2D eigenvalue weighted by molar-refractivity contribution is 0.0158. The van der Waals surface area contributed by atoms with E-state index in [0.29, 0.717) is 18.4 Å². The molecule has 0 aromatic carbocycles. The standard InChI is InChI=1S/C14H28N2O2/c1-10(2)11(9-15)12-7-6-8-16(12)13(17)18-14(3,4)5/h10-12H,6-9,15H2,1-5H3. The number of likely N-dealkylation sites (tertiary alicyclic amines) is 1. The number of ether oxygens (including phenoxy) is 1. The highest BCUT2D eigenvalue weighted by molar-refractivity contribution is 5.69. The van der Waals surface area contributed by atoms with Crippen LogP contribution in [0.5, 0.6) is 0 Å². The lowest BCUT2D eigenvalue weighted by Gasteiger charge is -2.34. The molecule has 0 aromatic heterocycles. The van der Waals surface area contributed by atoms with Gasteiger partial charge < -0.3 is 15.4 Å². The number of carbonyl (C=O) groups excluding carboxylic acids is 1. The van der Waals surface area contributed by atoms with Crippen molar-refractivity contribution in [3.05, 3.63) is 0 Å². The average molecular weight is 256 g/mol. The summed E-state index contributed by atoms with van der Waals surface area (Å²) in [5, 5.41) is 0. The van der Waals surface area contributed by atoms with Gasteiger partial charge in [0, 0.05) is 12.6 Å². The highest BCUT2D eigenvalue weighted by atomic mass is 16.6. The molecule has 4 heteroatoms. The fourth-order valence-electron chi connectivity index (χ4n) is 2.66.